The Labute approximate surface area is 110 Å². The van der Waals surface area contributed by atoms with E-state index in [4.69, 9.17) is 4.74 Å². The van der Waals surface area contributed by atoms with Gasteiger partial charge in [-0.25, -0.2) is 0 Å². The number of nitrogens with one attached hydrogen (secondary N) is 1. The van der Waals surface area contributed by atoms with E-state index in [-0.39, 0.29) is 5.91 Å². The van der Waals surface area contributed by atoms with Gasteiger partial charge in [0.15, 0.2) is 0 Å². The highest BCUT2D eigenvalue weighted by molar-refractivity contribution is 5.75. The van der Waals surface area contributed by atoms with E-state index in [1.807, 2.05) is 26.0 Å². The number of carbonyl (C=O) groups is 1. The van der Waals surface area contributed by atoms with Crippen molar-refractivity contribution in [3.05, 3.63) is 29.3 Å². The highest BCUT2D eigenvalue weighted by Crippen LogP contribution is 2.19. The molecule has 0 aliphatic carbocycles. The number of carbonyl (C=O) groups excluding carboxylic acids is 1. The summed E-state index contributed by atoms with van der Waals surface area (Å²) in [6.07, 6.45) is 0.403. The highest BCUT2D eigenvalue weighted by atomic mass is 16.5. The van der Waals surface area contributed by atoms with Crippen LogP contribution in [0.25, 0.3) is 0 Å². The predicted octanol–water partition coefficient (Wildman–Crippen LogP) is 2.84. The minimum Gasteiger partial charge on any atom is -0.493 e. The van der Waals surface area contributed by atoms with Crippen LogP contribution in [0.4, 0.5) is 0 Å². The molecule has 1 N–H and O–H groups in total. The van der Waals surface area contributed by atoms with Crippen molar-refractivity contribution in [3.63, 3.8) is 0 Å². The smallest absolute Gasteiger partial charge is 0.223 e. The number of hydrogen-bond acceptors (Lipinski definition) is 2. The Morgan fingerprint density at radius 1 is 1.33 bits per heavy atom. The maximum atomic E-state index is 11.5. The van der Waals surface area contributed by atoms with Crippen molar-refractivity contribution < 1.29 is 9.53 Å². The third kappa shape index (κ3) is 5.21. The van der Waals surface area contributed by atoms with E-state index in [2.05, 4.69) is 25.2 Å². The average molecular weight is 249 g/mol. The van der Waals surface area contributed by atoms with Gasteiger partial charge in [0.1, 0.15) is 5.75 Å². The summed E-state index contributed by atoms with van der Waals surface area (Å²) in [5.41, 5.74) is 2.27. The van der Waals surface area contributed by atoms with Crippen LogP contribution in [-0.4, -0.2) is 19.1 Å². The second-order valence-electron chi connectivity index (χ2n) is 5.07. The van der Waals surface area contributed by atoms with Crippen LogP contribution in [0.15, 0.2) is 18.2 Å². The summed E-state index contributed by atoms with van der Waals surface area (Å²) >= 11 is 0. The molecular weight excluding hydrogens is 226 g/mol. The Kier molecular flexibility index (Phi) is 5.69. The molecule has 0 aliphatic heterocycles. The number of hydrogen-bond donors (Lipinski definition) is 1. The molecule has 0 fully saturated rings. The molecule has 1 aromatic rings. The van der Waals surface area contributed by atoms with Crippen LogP contribution in [0, 0.1) is 19.8 Å². The zero-order chi connectivity index (χ0) is 13.5. The molecule has 0 saturated carbocycles. The molecule has 0 bridgehead atoms. The monoisotopic (exact) mass is 249 g/mol. The van der Waals surface area contributed by atoms with Gasteiger partial charge in [-0.3, -0.25) is 4.79 Å². The molecule has 0 radical (unpaired) electrons. The van der Waals surface area contributed by atoms with Crippen molar-refractivity contribution in [2.24, 2.45) is 5.92 Å². The Morgan fingerprint density at radius 3 is 2.72 bits per heavy atom. The SMILES string of the molecule is Cc1ccc(C)c(OCCC(=O)NCC(C)C)c1. The van der Waals surface area contributed by atoms with Gasteiger partial charge in [-0.1, -0.05) is 26.0 Å². The molecule has 0 unspecified atom stereocenters. The van der Waals surface area contributed by atoms with E-state index in [0.29, 0.717) is 18.9 Å². The third-order valence-electron chi connectivity index (χ3n) is 2.64. The Hall–Kier alpha value is -1.51. The van der Waals surface area contributed by atoms with Gasteiger partial charge in [0.25, 0.3) is 0 Å². The van der Waals surface area contributed by atoms with Gasteiger partial charge in [0.2, 0.25) is 5.91 Å². The van der Waals surface area contributed by atoms with Crippen LogP contribution in [0.2, 0.25) is 0 Å². The quantitative estimate of drug-likeness (QED) is 0.842. The standard InChI is InChI=1S/C15H23NO2/c1-11(2)10-16-15(17)7-8-18-14-9-12(3)5-6-13(14)4/h5-6,9,11H,7-8,10H2,1-4H3,(H,16,17). The first-order valence-corrected chi connectivity index (χ1v) is 6.46. The fourth-order valence-corrected chi connectivity index (χ4v) is 1.52. The summed E-state index contributed by atoms with van der Waals surface area (Å²) < 4.78 is 5.63. The molecule has 1 amide bonds. The van der Waals surface area contributed by atoms with Crippen molar-refractivity contribution in [3.8, 4) is 5.75 Å². The van der Waals surface area contributed by atoms with Crippen LogP contribution in [0.1, 0.15) is 31.4 Å². The molecule has 1 rings (SSSR count). The predicted molar refractivity (Wildman–Crippen MR) is 73.9 cm³/mol. The van der Waals surface area contributed by atoms with E-state index < -0.39 is 0 Å². The zero-order valence-corrected chi connectivity index (χ0v) is 11.7. The Balaban J connectivity index is 2.33. The first kappa shape index (κ1) is 14.6. The van der Waals surface area contributed by atoms with E-state index in [1.165, 1.54) is 5.56 Å². The molecule has 0 atom stereocenters. The number of amides is 1. The van der Waals surface area contributed by atoms with E-state index in [0.717, 1.165) is 17.9 Å². The molecule has 0 aromatic heterocycles. The lowest BCUT2D eigenvalue weighted by Crippen LogP contribution is -2.28. The molecule has 1 aromatic carbocycles. The van der Waals surface area contributed by atoms with Gasteiger partial charge in [-0.2, -0.15) is 0 Å². The summed E-state index contributed by atoms with van der Waals surface area (Å²) in [5.74, 6) is 1.40. The van der Waals surface area contributed by atoms with Gasteiger partial charge < -0.3 is 10.1 Å². The normalized spacial score (nSPS) is 10.5. The number of benzene rings is 1. The van der Waals surface area contributed by atoms with Gasteiger partial charge in [0, 0.05) is 6.54 Å². The van der Waals surface area contributed by atoms with Crippen molar-refractivity contribution in [2.75, 3.05) is 13.2 Å². The second-order valence-corrected chi connectivity index (χ2v) is 5.07. The molecule has 3 nitrogen and oxygen atoms in total. The van der Waals surface area contributed by atoms with Crippen LogP contribution in [-0.2, 0) is 4.79 Å². The fourth-order valence-electron chi connectivity index (χ4n) is 1.52. The first-order chi connectivity index (χ1) is 8.49. The molecule has 0 spiro atoms. The number of rotatable bonds is 6. The maximum Gasteiger partial charge on any atom is 0.223 e. The molecule has 3 heteroatoms. The van der Waals surface area contributed by atoms with Crippen LogP contribution >= 0.6 is 0 Å². The van der Waals surface area contributed by atoms with Crippen LogP contribution < -0.4 is 10.1 Å². The van der Waals surface area contributed by atoms with Gasteiger partial charge in [-0.05, 0) is 37.0 Å². The molecule has 0 aliphatic rings. The third-order valence-corrected chi connectivity index (χ3v) is 2.64. The number of aryl methyl sites for hydroxylation is 2. The van der Waals surface area contributed by atoms with Crippen LogP contribution in [0.3, 0.4) is 0 Å². The summed E-state index contributed by atoms with van der Waals surface area (Å²) in [6, 6.07) is 6.09. The van der Waals surface area contributed by atoms with E-state index in [1.54, 1.807) is 0 Å². The van der Waals surface area contributed by atoms with Gasteiger partial charge >= 0.3 is 0 Å². The molecule has 0 heterocycles. The topological polar surface area (TPSA) is 38.3 Å². The lowest BCUT2D eigenvalue weighted by Gasteiger charge is -2.11. The fraction of sp³-hybridized carbons (Fsp3) is 0.533. The van der Waals surface area contributed by atoms with Gasteiger partial charge in [-0.15, -0.1) is 0 Å². The minimum absolute atomic E-state index is 0.0500. The van der Waals surface area contributed by atoms with E-state index >= 15 is 0 Å². The largest absolute Gasteiger partial charge is 0.493 e. The van der Waals surface area contributed by atoms with E-state index in [9.17, 15) is 4.79 Å². The lowest BCUT2D eigenvalue weighted by molar-refractivity contribution is -0.121. The lowest BCUT2D eigenvalue weighted by atomic mass is 10.1. The highest BCUT2D eigenvalue weighted by Gasteiger charge is 2.04. The Bertz CT molecular complexity index is 399. The minimum atomic E-state index is 0.0500. The van der Waals surface area contributed by atoms with Crippen molar-refractivity contribution in [2.45, 2.75) is 34.1 Å². The summed E-state index contributed by atoms with van der Waals surface area (Å²) in [5, 5.41) is 2.88. The molecule has 18 heavy (non-hydrogen) atoms. The summed E-state index contributed by atoms with van der Waals surface area (Å²) in [6.45, 7) is 9.34. The van der Waals surface area contributed by atoms with Crippen LogP contribution in [0.5, 0.6) is 5.75 Å². The second kappa shape index (κ2) is 7.04. The molecule has 0 saturated heterocycles. The van der Waals surface area contributed by atoms with Crippen molar-refractivity contribution in [1.82, 2.24) is 5.32 Å². The van der Waals surface area contributed by atoms with Crippen molar-refractivity contribution in [1.29, 1.82) is 0 Å². The van der Waals surface area contributed by atoms with Gasteiger partial charge in [0.05, 0.1) is 13.0 Å². The van der Waals surface area contributed by atoms with Crippen molar-refractivity contribution >= 4 is 5.91 Å². The zero-order valence-electron chi connectivity index (χ0n) is 11.7. The number of ether oxygens (including phenoxy) is 1. The average Bonchev–Trinajstić information content (AvgIpc) is 2.31. The first-order valence-electron chi connectivity index (χ1n) is 6.46. The molecular formula is C15H23NO2. The molecule has 100 valence electrons. The Morgan fingerprint density at radius 2 is 2.06 bits per heavy atom. The summed E-state index contributed by atoms with van der Waals surface area (Å²) in [4.78, 5) is 11.5. The summed E-state index contributed by atoms with van der Waals surface area (Å²) in [7, 11) is 0. The maximum absolute atomic E-state index is 11.5.